The highest BCUT2D eigenvalue weighted by atomic mass is 33.1. The van der Waals surface area contributed by atoms with Crippen LogP contribution in [-0.4, -0.2) is 30.2 Å². The van der Waals surface area contributed by atoms with Gasteiger partial charge < -0.3 is 5.32 Å². The fraction of sp³-hybridized carbons (Fsp3) is 0.917. The number of nitrogens with one attached hydrogen (secondary N) is 1. The van der Waals surface area contributed by atoms with Crippen molar-refractivity contribution in [3.63, 3.8) is 0 Å². The van der Waals surface area contributed by atoms with Crippen molar-refractivity contribution in [2.24, 2.45) is 17.8 Å². The molecule has 4 aliphatic rings. The van der Waals surface area contributed by atoms with Crippen molar-refractivity contribution in [3.05, 3.63) is 0 Å². The molecule has 0 atom stereocenters. The molecule has 4 rings (SSSR count). The minimum absolute atomic E-state index is 0.0917. The number of carbonyl (C=O) groups is 1. The van der Waals surface area contributed by atoms with Crippen LogP contribution in [0.1, 0.15) is 38.5 Å². The highest BCUT2D eigenvalue weighted by Gasteiger charge is 2.51. The highest BCUT2D eigenvalue weighted by molar-refractivity contribution is 8.70. The summed E-state index contributed by atoms with van der Waals surface area (Å²) >= 11 is 0. The average molecular weight is 305 g/mol. The molecule has 4 saturated carbocycles. The molecule has 4 aliphatic carbocycles. The van der Waals surface area contributed by atoms with Gasteiger partial charge in [0.2, 0.25) is 5.91 Å². The molecule has 4 bridgehead atoms. The molecule has 0 radical (unpaired) electrons. The average Bonchev–Trinajstić information content (AvgIpc) is 2.22. The van der Waals surface area contributed by atoms with E-state index in [0.717, 1.165) is 37.0 Å². The van der Waals surface area contributed by atoms with Crippen LogP contribution in [0.15, 0.2) is 0 Å². The van der Waals surface area contributed by atoms with Crippen molar-refractivity contribution < 1.29 is 17.8 Å². The van der Waals surface area contributed by atoms with E-state index in [9.17, 15) is 13.2 Å². The van der Waals surface area contributed by atoms with Gasteiger partial charge in [-0.25, -0.2) is 0 Å². The van der Waals surface area contributed by atoms with Crippen LogP contribution in [0, 0.1) is 17.8 Å². The van der Waals surface area contributed by atoms with Gasteiger partial charge >= 0.3 is 9.15 Å². The quantitative estimate of drug-likeness (QED) is 0.609. The summed E-state index contributed by atoms with van der Waals surface area (Å²) in [6.07, 6.45) is 7.03. The Kier molecular flexibility index (Phi) is 3.34. The molecular weight excluding hydrogens is 286 g/mol. The molecule has 5 nitrogen and oxygen atoms in total. The maximum atomic E-state index is 11.9. The van der Waals surface area contributed by atoms with E-state index >= 15 is 0 Å². The summed E-state index contributed by atoms with van der Waals surface area (Å²) in [4.78, 5) is 11.9. The number of hydrogen-bond acceptors (Lipinski definition) is 4. The Morgan fingerprint density at radius 3 is 2.05 bits per heavy atom. The van der Waals surface area contributed by atoms with Crippen molar-refractivity contribution in [2.75, 3.05) is 5.75 Å². The highest BCUT2D eigenvalue weighted by Crippen LogP contribution is 2.55. The molecule has 0 unspecified atom stereocenters. The summed E-state index contributed by atoms with van der Waals surface area (Å²) in [6.45, 7) is 0. The lowest BCUT2D eigenvalue weighted by molar-refractivity contribution is -0.124. The van der Waals surface area contributed by atoms with Crippen molar-refractivity contribution in [1.82, 2.24) is 5.32 Å². The normalized spacial score (nSPS) is 40.4. The van der Waals surface area contributed by atoms with Crippen LogP contribution in [-0.2, 0) is 13.9 Å². The molecule has 2 N–H and O–H groups in total. The predicted octanol–water partition coefficient (Wildman–Crippen LogP) is 1.61. The summed E-state index contributed by atoms with van der Waals surface area (Å²) in [5, 5.41) is 3.06. The van der Waals surface area contributed by atoms with Gasteiger partial charge in [-0.05, 0) is 56.3 Å². The van der Waals surface area contributed by atoms with Gasteiger partial charge in [0.25, 0.3) is 0 Å². The number of carbonyl (C=O) groups excluding carboxylic acids is 1. The van der Waals surface area contributed by atoms with Gasteiger partial charge in [0.15, 0.2) is 0 Å². The van der Waals surface area contributed by atoms with E-state index in [1.165, 1.54) is 19.3 Å². The lowest BCUT2D eigenvalue weighted by Crippen LogP contribution is -2.60. The van der Waals surface area contributed by atoms with Crippen LogP contribution in [0.3, 0.4) is 0 Å². The molecule has 0 saturated heterocycles. The summed E-state index contributed by atoms with van der Waals surface area (Å²) in [5.74, 6) is 1.72. The van der Waals surface area contributed by atoms with Crippen LogP contribution in [0.4, 0.5) is 0 Å². The van der Waals surface area contributed by atoms with Crippen LogP contribution < -0.4 is 5.32 Å². The van der Waals surface area contributed by atoms with Crippen molar-refractivity contribution >= 4 is 25.9 Å². The first kappa shape index (κ1) is 13.7. The van der Waals surface area contributed by atoms with E-state index in [0.29, 0.717) is 0 Å². The van der Waals surface area contributed by atoms with Crippen molar-refractivity contribution in [2.45, 2.75) is 44.1 Å². The minimum atomic E-state index is -4.13. The molecule has 0 aromatic rings. The molecule has 0 aliphatic heterocycles. The third-order valence-electron chi connectivity index (χ3n) is 4.78. The monoisotopic (exact) mass is 305 g/mol. The molecular formula is C12H19NO4S2. The van der Waals surface area contributed by atoms with E-state index in [1.807, 2.05) is 0 Å². The summed E-state index contributed by atoms with van der Waals surface area (Å²) in [7, 11) is -3.84. The molecule has 19 heavy (non-hydrogen) atoms. The Bertz CT molecular complexity index is 453. The fourth-order valence-electron chi connectivity index (χ4n) is 4.72. The molecule has 7 heteroatoms. The van der Waals surface area contributed by atoms with Gasteiger partial charge in [-0.15, -0.1) is 0 Å². The van der Waals surface area contributed by atoms with E-state index in [2.05, 4.69) is 5.32 Å². The van der Waals surface area contributed by atoms with Crippen LogP contribution in [0.25, 0.3) is 0 Å². The van der Waals surface area contributed by atoms with E-state index in [-0.39, 0.29) is 28.0 Å². The van der Waals surface area contributed by atoms with Gasteiger partial charge in [0.05, 0.1) is 5.75 Å². The van der Waals surface area contributed by atoms with Gasteiger partial charge in [0, 0.05) is 16.3 Å². The zero-order valence-corrected chi connectivity index (χ0v) is 12.3. The van der Waals surface area contributed by atoms with Crippen molar-refractivity contribution in [3.8, 4) is 0 Å². The maximum Gasteiger partial charge on any atom is 0.320 e. The Morgan fingerprint density at radius 1 is 1.16 bits per heavy atom. The zero-order valence-electron chi connectivity index (χ0n) is 10.7. The largest absolute Gasteiger partial charge is 0.350 e. The van der Waals surface area contributed by atoms with Crippen molar-refractivity contribution in [1.29, 1.82) is 0 Å². The first-order valence-corrected chi connectivity index (χ1v) is 9.71. The lowest BCUT2D eigenvalue weighted by atomic mass is 9.53. The summed E-state index contributed by atoms with van der Waals surface area (Å²) in [5.41, 5.74) is -0.0917. The molecule has 4 fully saturated rings. The molecule has 0 heterocycles. The van der Waals surface area contributed by atoms with E-state index in [1.54, 1.807) is 0 Å². The molecule has 0 aromatic heterocycles. The number of rotatable bonds is 4. The smallest absolute Gasteiger partial charge is 0.320 e. The third-order valence-corrected chi connectivity index (χ3v) is 6.71. The fourth-order valence-corrected chi connectivity index (χ4v) is 5.82. The Hall–Kier alpha value is -0.270. The molecule has 1 amide bonds. The summed E-state index contributed by atoms with van der Waals surface area (Å²) in [6, 6.07) is 0. The van der Waals surface area contributed by atoms with E-state index < -0.39 is 9.15 Å². The van der Waals surface area contributed by atoms with Gasteiger partial charge in [-0.3, -0.25) is 9.35 Å². The van der Waals surface area contributed by atoms with Crippen LogP contribution >= 0.6 is 10.8 Å². The first-order chi connectivity index (χ1) is 8.84. The number of amides is 1. The summed E-state index contributed by atoms with van der Waals surface area (Å²) < 4.78 is 29.9. The predicted molar refractivity (Wildman–Crippen MR) is 73.1 cm³/mol. The second kappa shape index (κ2) is 4.63. The lowest BCUT2D eigenvalue weighted by Gasteiger charge is -2.56. The minimum Gasteiger partial charge on any atom is -0.350 e. The zero-order chi connectivity index (χ0) is 13.7. The maximum absolute atomic E-state index is 11.9. The van der Waals surface area contributed by atoms with Gasteiger partial charge in [-0.1, -0.05) is 0 Å². The molecule has 0 aromatic carbocycles. The van der Waals surface area contributed by atoms with Gasteiger partial charge in [-0.2, -0.15) is 8.42 Å². The van der Waals surface area contributed by atoms with Gasteiger partial charge in [0.1, 0.15) is 0 Å². The second-order valence-electron chi connectivity index (χ2n) is 6.44. The topological polar surface area (TPSA) is 83.5 Å². The Labute approximate surface area is 117 Å². The SMILES string of the molecule is O=C(CSS(=O)(=O)O)NC12CC3CC(CC(C3)C1)C2. The third kappa shape index (κ3) is 3.08. The Morgan fingerprint density at radius 2 is 1.63 bits per heavy atom. The number of hydrogen-bond donors (Lipinski definition) is 2. The Balaban J connectivity index is 1.61. The molecule has 0 spiro atoms. The first-order valence-electron chi connectivity index (χ1n) is 6.76. The standard InChI is InChI=1S/C12H19NO4S2/c14-11(7-18-19(15,16)17)13-12-4-8-1-9(5-12)3-10(2-8)6-12/h8-10H,1-7H2,(H,13,14)(H,15,16,17). The van der Waals surface area contributed by atoms with Crippen LogP contribution in [0.5, 0.6) is 0 Å². The van der Waals surface area contributed by atoms with E-state index in [4.69, 9.17) is 4.55 Å². The van der Waals surface area contributed by atoms with Crippen LogP contribution in [0.2, 0.25) is 0 Å². The molecule has 108 valence electrons. The second-order valence-corrected chi connectivity index (χ2v) is 9.79.